The van der Waals surface area contributed by atoms with Crippen molar-refractivity contribution in [1.29, 1.82) is 0 Å². The van der Waals surface area contributed by atoms with E-state index < -0.39 is 11.9 Å². The van der Waals surface area contributed by atoms with Crippen LogP contribution < -0.4 is 4.74 Å². The summed E-state index contributed by atoms with van der Waals surface area (Å²) in [7, 11) is 1.84. The number of amides is 1. The first-order chi connectivity index (χ1) is 15.4. The van der Waals surface area contributed by atoms with Gasteiger partial charge in [-0.25, -0.2) is 14.2 Å². The third-order valence-electron chi connectivity index (χ3n) is 5.71. The molecule has 166 valence electrons. The Hall–Kier alpha value is -3.39. The Morgan fingerprint density at radius 3 is 2.66 bits per heavy atom. The molecule has 1 aromatic heterocycles. The van der Waals surface area contributed by atoms with E-state index in [4.69, 9.17) is 16.3 Å². The van der Waals surface area contributed by atoms with Crippen LogP contribution in [0.15, 0.2) is 42.6 Å². The highest BCUT2D eigenvalue weighted by Gasteiger charge is 2.29. The highest BCUT2D eigenvalue weighted by atomic mass is 35.5. The molecule has 1 amide bonds. The molecule has 0 bridgehead atoms. The first kappa shape index (κ1) is 21.8. The zero-order valence-corrected chi connectivity index (χ0v) is 18.1. The number of hydrogen-bond donors (Lipinski definition) is 1. The maximum atomic E-state index is 13.9. The van der Waals surface area contributed by atoms with Crippen LogP contribution in [-0.4, -0.2) is 38.0 Å². The fraction of sp³-hybridized carbons (Fsp3) is 0.261. The molecule has 7 nitrogen and oxygen atoms in total. The summed E-state index contributed by atoms with van der Waals surface area (Å²) in [5, 5.41) is 9.65. The van der Waals surface area contributed by atoms with E-state index in [0.29, 0.717) is 17.9 Å². The summed E-state index contributed by atoms with van der Waals surface area (Å²) in [6.45, 7) is 0.229. The van der Waals surface area contributed by atoms with Crippen molar-refractivity contribution in [3.05, 3.63) is 64.8 Å². The SMILES string of the molecule is Cn1c(-c2ccc(Oc3cc(Cl)cc(F)c3C=O)cc2)cnc1CN(C(=O)O)C1CCC1. The van der Waals surface area contributed by atoms with Crippen LogP contribution >= 0.6 is 11.6 Å². The molecule has 0 unspecified atom stereocenters. The molecule has 2 aromatic carbocycles. The second-order valence-corrected chi connectivity index (χ2v) is 8.09. The first-order valence-corrected chi connectivity index (χ1v) is 10.5. The summed E-state index contributed by atoms with van der Waals surface area (Å²) in [5.74, 6) is 0.340. The van der Waals surface area contributed by atoms with E-state index in [1.807, 2.05) is 11.6 Å². The molecular formula is C23H21ClFN3O4. The van der Waals surface area contributed by atoms with Crippen molar-refractivity contribution in [2.24, 2.45) is 7.05 Å². The third kappa shape index (κ3) is 4.31. The number of aldehydes is 1. The van der Waals surface area contributed by atoms with Crippen LogP contribution in [0.3, 0.4) is 0 Å². The molecule has 4 rings (SSSR count). The minimum atomic E-state index is -0.937. The van der Waals surface area contributed by atoms with E-state index in [9.17, 15) is 19.1 Å². The smallest absolute Gasteiger partial charge is 0.407 e. The number of carbonyl (C=O) groups is 2. The highest BCUT2D eigenvalue weighted by Crippen LogP contribution is 2.32. The standard InChI is InChI=1S/C23H21ClFN3O4/c1-27-20(11-26-22(27)12-28(23(30)31)16-3-2-4-16)14-5-7-17(8-6-14)32-21-10-15(24)9-19(25)18(21)13-29/h5-11,13,16H,2-4,12H2,1H3,(H,30,31). The molecule has 1 N–H and O–H groups in total. The van der Waals surface area contributed by atoms with E-state index in [0.717, 1.165) is 36.6 Å². The van der Waals surface area contributed by atoms with Crippen molar-refractivity contribution in [3.8, 4) is 22.8 Å². The molecule has 3 aromatic rings. The molecule has 0 aliphatic heterocycles. The topological polar surface area (TPSA) is 84.7 Å². The summed E-state index contributed by atoms with van der Waals surface area (Å²) in [4.78, 5) is 28.7. The van der Waals surface area contributed by atoms with Crippen LogP contribution in [0, 0.1) is 5.82 Å². The molecular weight excluding hydrogens is 437 g/mol. The lowest BCUT2D eigenvalue weighted by atomic mass is 9.92. The Labute approximate surface area is 189 Å². The number of halogens is 2. The average molecular weight is 458 g/mol. The molecule has 1 saturated carbocycles. The number of imidazole rings is 1. The Balaban J connectivity index is 1.53. The molecule has 1 aliphatic rings. The predicted octanol–water partition coefficient (Wildman–Crippen LogP) is 5.52. The van der Waals surface area contributed by atoms with Gasteiger partial charge in [0.2, 0.25) is 0 Å². The summed E-state index contributed by atoms with van der Waals surface area (Å²) in [6.07, 6.45) is 3.96. The van der Waals surface area contributed by atoms with Gasteiger partial charge in [0.25, 0.3) is 0 Å². The van der Waals surface area contributed by atoms with Gasteiger partial charge >= 0.3 is 6.09 Å². The van der Waals surface area contributed by atoms with Crippen molar-refractivity contribution in [2.45, 2.75) is 31.8 Å². The normalized spacial score (nSPS) is 13.5. The quantitative estimate of drug-likeness (QED) is 0.472. The van der Waals surface area contributed by atoms with Crippen LogP contribution in [0.1, 0.15) is 35.4 Å². The van der Waals surface area contributed by atoms with E-state index in [2.05, 4.69) is 4.98 Å². The van der Waals surface area contributed by atoms with Gasteiger partial charge in [-0.15, -0.1) is 0 Å². The number of carboxylic acid groups (broad SMARTS) is 1. The van der Waals surface area contributed by atoms with Gasteiger partial charge in [-0.1, -0.05) is 11.6 Å². The number of rotatable bonds is 7. The van der Waals surface area contributed by atoms with Crippen LogP contribution in [0.25, 0.3) is 11.3 Å². The molecule has 9 heteroatoms. The molecule has 1 aliphatic carbocycles. The Bertz CT molecular complexity index is 1160. The van der Waals surface area contributed by atoms with Crippen molar-refractivity contribution in [1.82, 2.24) is 14.5 Å². The van der Waals surface area contributed by atoms with Gasteiger partial charge < -0.3 is 14.4 Å². The molecule has 0 radical (unpaired) electrons. The lowest BCUT2D eigenvalue weighted by Gasteiger charge is -2.35. The van der Waals surface area contributed by atoms with Gasteiger partial charge in [0.15, 0.2) is 6.29 Å². The minimum absolute atomic E-state index is 0.0327. The van der Waals surface area contributed by atoms with Crippen molar-refractivity contribution in [3.63, 3.8) is 0 Å². The monoisotopic (exact) mass is 457 g/mol. The molecule has 0 spiro atoms. The molecule has 32 heavy (non-hydrogen) atoms. The summed E-state index contributed by atoms with van der Waals surface area (Å²) in [5.41, 5.74) is 1.45. The zero-order chi connectivity index (χ0) is 22.8. The second kappa shape index (κ2) is 9.00. The van der Waals surface area contributed by atoms with E-state index in [1.165, 1.54) is 11.0 Å². The van der Waals surface area contributed by atoms with Gasteiger partial charge in [-0.2, -0.15) is 0 Å². The number of hydrogen-bond acceptors (Lipinski definition) is 4. The Morgan fingerprint density at radius 1 is 1.34 bits per heavy atom. The van der Waals surface area contributed by atoms with Crippen LogP contribution in [0.5, 0.6) is 11.5 Å². The van der Waals surface area contributed by atoms with Gasteiger partial charge in [-0.3, -0.25) is 9.69 Å². The maximum absolute atomic E-state index is 13.9. The van der Waals surface area contributed by atoms with E-state index in [-0.39, 0.29) is 28.9 Å². The van der Waals surface area contributed by atoms with Crippen molar-refractivity contribution < 1.29 is 23.8 Å². The number of aromatic nitrogens is 2. The molecule has 1 heterocycles. The highest BCUT2D eigenvalue weighted by molar-refractivity contribution is 6.30. The van der Waals surface area contributed by atoms with Crippen LogP contribution in [0.2, 0.25) is 5.02 Å². The van der Waals surface area contributed by atoms with Crippen LogP contribution in [0.4, 0.5) is 9.18 Å². The van der Waals surface area contributed by atoms with E-state index >= 15 is 0 Å². The lowest BCUT2D eigenvalue weighted by molar-refractivity contribution is 0.0907. The lowest BCUT2D eigenvalue weighted by Crippen LogP contribution is -2.43. The fourth-order valence-corrected chi connectivity index (χ4v) is 3.84. The number of benzene rings is 2. The maximum Gasteiger partial charge on any atom is 0.407 e. The molecule has 0 saturated heterocycles. The summed E-state index contributed by atoms with van der Waals surface area (Å²) >= 11 is 5.87. The number of carbonyl (C=O) groups excluding carboxylic acids is 1. The van der Waals surface area contributed by atoms with Crippen LogP contribution in [-0.2, 0) is 13.6 Å². The molecule has 1 fully saturated rings. The Kier molecular flexibility index (Phi) is 6.14. The summed E-state index contributed by atoms with van der Waals surface area (Å²) < 4.78 is 21.4. The van der Waals surface area contributed by atoms with Crippen molar-refractivity contribution >= 4 is 24.0 Å². The predicted molar refractivity (Wildman–Crippen MR) is 117 cm³/mol. The average Bonchev–Trinajstić information content (AvgIpc) is 3.07. The van der Waals surface area contributed by atoms with Gasteiger partial charge in [0, 0.05) is 29.7 Å². The Morgan fingerprint density at radius 2 is 2.06 bits per heavy atom. The fourth-order valence-electron chi connectivity index (χ4n) is 3.65. The third-order valence-corrected chi connectivity index (χ3v) is 5.93. The van der Waals surface area contributed by atoms with Gasteiger partial charge in [0.1, 0.15) is 23.1 Å². The van der Waals surface area contributed by atoms with Gasteiger partial charge in [-0.05, 0) is 49.6 Å². The molecule has 0 atom stereocenters. The number of ether oxygens (including phenoxy) is 1. The zero-order valence-electron chi connectivity index (χ0n) is 17.3. The van der Waals surface area contributed by atoms with Gasteiger partial charge in [0.05, 0.1) is 24.0 Å². The first-order valence-electron chi connectivity index (χ1n) is 10.1. The largest absolute Gasteiger partial charge is 0.465 e. The van der Waals surface area contributed by atoms with E-state index in [1.54, 1.807) is 30.5 Å². The number of nitrogens with zero attached hydrogens (tertiary/aromatic N) is 3. The van der Waals surface area contributed by atoms with Crippen molar-refractivity contribution in [2.75, 3.05) is 0 Å². The summed E-state index contributed by atoms with van der Waals surface area (Å²) in [6, 6.07) is 9.47. The minimum Gasteiger partial charge on any atom is -0.465 e. The second-order valence-electron chi connectivity index (χ2n) is 7.66.